The molecule has 0 radical (unpaired) electrons. The molecule has 2 heterocycles. The highest BCUT2D eigenvalue weighted by molar-refractivity contribution is 5.60. The minimum atomic E-state index is 0.610. The molecule has 1 saturated heterocycles. The van der Waals surface area contributed by atoms with Gasteiger partial charge in [-0.1, -0.05) is 12.1 Å². The molecule has 0 saturated carbocycles. The van der Waals surface area contributed by atoms with E-state index in [0.717, 1.165) is 44.1 Å². The normalized spacial score (nSPS) is 14.7. The van der Waals surface area contributed by atoms with Gasteiger partial charge in [0.05, 0.1) is 16.8 Å². The Balaban J connectivity index is 1.80. The van der Waals surface area contributed by atoms with Gasteiger partial charge >= 0.3 is 0 Å². The Kier molecular flexibility index (Phi) is 4.40. The molecule has 1 aromatic carbocycles. The molecule has 0 atom stereocenters. The lowest BCUT2D eigenvalue weighted by Gasteiger charge is -2.25. The maximum absolute atomic E-state index is 9.28. The molecular formula is C18H17N5. The average molecular weight is 303 g/mol. The molecule has 0 aliphatic carbocycles. The minimum Gasteiger partial charge on any atom is -0.369 e. The molecule has 1 aliphatic rings. The van der Waals surface area contributed by atoms with Crippen LogP contribution in [0.25, 0.3) is 0 Å². The highest BCUT2D eigenvalue weighted by atomic mass is 15.2. The lowest BCUT2D eigenvalue weighted by Crippen LogP contribution is -2.31. The first-order valence-corrected chi connectivity index (χ1v) is 7.67. The predicted octanol–water partition coefficient (Wildman–Crippen LogP) is 2.54. The van der Waals surface area contributed by atoms with Gasteiger partial charge in [0.1, 0.15) is 18.0 Å². The molecule has 0 N–H and O–H groups in total. The highest BCUT2D eigenvalue weighted by Crippen LogP contribution is 2.23. The number of hydrogen-bond donors (Lipinski definition) is 0. The SMILES string of the molecule is N#Cc1ccccc1N1CCCN(c2ncccc2C#N)CC1. The van der Waals surface area contributed by atoms with Crippen LogP contribution in [0.3, 0.4) is 0 Å². The van der Waals surface area contributed by atoms with E-state index < -0.39 is 0 Å². The zero-order valence-corrected chi connectivity index (χ0v) is 12.8. The molecule has 5 heteroatoms. The van der Waals surface area contributed by atoms with Gasteiger partial charge in [0, 0.05) is 32.4 Å². The van der Waals surface area contributed by atoms with Crippen molar-refractivity contribution in [2.24, 2.45) is 0 Å². The smallest absolute Gasteiger partial charge is 0.146 e. The topological polar surface area (TPSA) is 67.0 Å². The molecule has 2 aromatic rings. The van der Waals surface area contributed by atoms with Crippen LogP contribution in [-0.4, -0.2) is 31.2 Å². The van der Waals surface area contributed by atoms with Gasteiger partial charge in [0.25, 0.3) is 0 Å². The van der Waals surface area contributed by atoms with Gasteiger partial charge in [-0.15, -0.1) is 0 Å². The molecule has 23 heavy (non-hydrogen) atoms. The predicted molar refractivity (Wildman–Crippen MR) is 89.2 cm³/mol. The standard InChI is InChI=1S/C18H17N5/c19-13-15-5-1-2-7-17(15)22-9-4-10-23(12-11-22)18-16(14-20)6-3-8-21-18/h1-3,5-8H,4,9-12H2. The van der Waals surface area contributed by atoms with Gasteiger partial charge < -0.3 is 9.80 Å². The van der Waals surface area contributed by atoms with E-state index >= 15 is 0 Å². The van der Waals surface area contributed by atoms with Crippen molar-refractivity contribution >= 4 is 11.5 Å². The zero-order chi connectivity index (χ0) is 16.1. The van der Waals surface area contributed by atoms with E-state index in [2.05, 4.69) is 26.9 Å². The third kappa shape index (κ3) is 3.09. The Bertz CT molecular complexity index is 706. The molecule has 5 nitrogen and oxygen atoms in total. The lowest BCUT2D eigenvalue weighted by molar-refractivity contribution is 0.796. The van der Waals surface area contributed by atoms with E-state index in [9.17, 15) is 10.5 Å². The third-order valence-corrected chi connectivity index (χ3v) is 4.07. The van der Waals surface area contributed by atoms with Crippen LogP contribution in [0.4, 0.5) is 11.5 Å². The Hall–Kier alpha value is -3.05. The van der Waals surface area contributed by atoms with Gasteiger partial charge in [0.2, 0.25) is 0 Å². The van der Waals surface area contributed by atoms with Crippen molar-refractivity contribution in [3.63, 3.8) is 0 Å². The second kappa shape index (κ2) is 6.81. The molecule has 3 rings (SSSR count). The molecule has 0 spiro atoms. The number of benzene rings is 1. The maximum Gasteiger partial charge on any atom is 0.146 e. The number of aromatic nitrogens is 1. The summed E-state index contributed by atoms with van der Waals surface area (Å²) in [4.78, 5) is 8.78. The van der Waals surface area contributed by atoms with E-state index in [-0.39, 0.29) is 0 Å². The van der Waals surface area contributed by atoms with Gasteiger partial charge in [-0.3, -0.25) is 0 Å². The fraction of sp³-hybridized carbons (Fsp3) is 0.278. The number of hydrogen-bond acceptors (Lipinski definition) is 5. The van der Waals surface area contributed by atoms with Crippen LogP contribution in [0.2, 0.25) is 0 Å². The molecule has 0 amide bonds. The van der Waals surface area contributed by atoms with Crippen molar-refractivity contribution in [2.45, 2.75) is 6.42 Å². The van der Waals surface area contributed by atoms with Crippen LogP contribution in [-0.2, 0) is 0 Å². The fourth-order valence-corrected chi connectivity index (χ4v) is 2.95. The monoisotopic (exact) mass is 303 g/mol. The largest absolute Gasteiger partial charge is 0.369 e. The molecule has 0 bridgehead atoms. The average Bonchev–Trinajstić information content (AvgIpc) is 2.87. The minimum absolute atomic E-state index is 0.610. The summed E-state index contributed by atoms with van der Waals surface area (Å²) in [7, 11) is 0. The van der Waals surface area contributed by atoms with Gasteiger partial charge in [-0.25, -0.2) is 4.98 Å². The summed E-state index contributed by atoms with van der Waals surface area (Å²) in [6.45, 7) is 3.34. The summed E-state index contributed by atoms with van der Waals surface area (Å²) in [5, 5.41) is 18.5. The van der Waals surface area contributed by atoms with Crippen molar-refractivity contribution < 1.29 is 0 Å². The lowest BCUT2D eigenvalue weighted by atomic mass is 10.1. The van der Waals surface area contributed by atoms with Crippen molar-refractivity contribution in [1.29, 1.82) is 10.5 Å². The highest BCUT2D eigenvalue weighted by Gasteiger charge is 2.19. The molecule has 114 valence electrons. The van der Waals surface area contributed by atoms with Crippen molar-refractivity contribution in [2.75, 3.05) is 36.0 Å². The Morgan fingerprint density at radius 1 is 0.826 bits per heavy atom. The Labute approximate surface area is 136 Å². The van der Waals surface area contributed by atoms with Crippen LogP contribution in [0.5, 0.6) is 0 Å². The summed E-state index contributed by atoms with van der Waals surface area (Å²) in [6.07, 6.45) is 2.69. The number of nitriles is 2. The van der Waals surface area contributed by atoms with Gasteiger partial charge in [-0.05, 0) is 30.7 Å². The summed E-state index contributed by atoms with van der Waals surface area (Å²) >= 11 is 0. The maximum atomic E-state index is 9.28. The molecule has 1 aliphatic heterocycles. The first-order chi connectivity index (χ1) is 11.3. The van der Waals surface area contributed by atoms with Crippen LogP contribution in [0.1, 0.15) is 17.5 Å². The summed E-state index contributed by atoms with van der Waals surface area (Å²) < 4.78 is 0. The van der Waals surface area contributed by atoms with Gasteiger partial charge in [-0.2, -0.15) is 10.5 Å². The van der Waals surface area contributed by atoms with Crippen LogP contribution in [0, 0.1) is 22.7 Å². The molecule has 1 fully saturated rings. The van der Waals surface area contributed by atoms with Gasteiger partial charge in [0.15, 0.2) is 0 Å². The number of anilines is 2. The number of pyridine rings is 1. The molecule has 0 unspecified atom stereocenters. The fourth-order valence-electron chi connectivity index (χ4n) is 2.95. The summed E-state index contributed by atoms with van der Waals surface area (Å²) in [6, 6.07) is 15.8. The first-order valence-electron chi connectivity index (χ1n) is 7.67. The Morgan fingerprint density at radius 3 is 2.35 bits per heavy atom. The van der Waals surface area contributed by atoms with E-state index in [4.69, 9.17) is 0 Å². The second-order valence-electron chi connectivity index (χ2n) is 5.44. The van der Waals surface area contributed by atoms with E-state index in [1.165, 1.54) is 0 Å². The quantitative estimate of drug-likeness (QED) is 0.853. The number of rotatable bonds is 2. The van der Waals surface area contributed by atoms with Crippen molar-refractivity contribution in [3.8, 4) is 12.1 Å². The zero-order valence-electron chi connectivity index (χ0n) is 12.8. The number of nitrogens with zero attached hydrogens (tertiary/aromatic N) is 5. The summed E-state index contributed by atoms with van der Waals surface area (Å²) in [5.41, 5.74) is 2.30. The first kappa shape index (κ1) is 14.9. The van der Waals surface area contributed by atoms with E-state index in [1.54, 1.807) is 18.3 Å². The Morgan fingerprint density at radius 2 is 1.52 bits per heavy atom. The summed E-state index contributed by atoms with van der Waals surface area (Å²) in [5.74, 6) is 0.755. The van der Waals surface area contributed by atoms with E-state index in [0.29, 0.717) is 11.1 Å². The van der Waals surface area contributed by atoms with Crippen LogP contribution < -0.4 is 9.80 Å². The number of para-hydroxylation sites is 1. The van der Waals surface area contributed by atoms with Crippen molar-refractivity contribution in [3.05, 3.63) is 53.7 Å². The van der Waals surface area contributed by atoms with Crippen LogP contribution >= 0.6 is 0 Å². The van der Waals surface area contributed by atoms with Crippen molar-refractivity contribution in [1.82, 2.24) is 4.98 Å². The van der Waals surface area contributed by atoms with E-state index in [1.807, 2.05) is 24.3 Å². The third-order valence-electron chi connectivity index (χ3n) is 4.07. The molecule has 1 aromatic heterocycles. The van der Waals surface area contributed by atoms with Crippen LogP contribution in [0.15, 0.2) is 42.6 Å². The second-order valence-corrected chi connectivity index (χ2v) is 5.44. The molecular weight excluding hydrogens is 286 g/mol.